The van der Waals surface area contributed by atoms with Gasteiger partial charge >= 0.3 is 11.9 Å². The van der Waals surface area contributed by atoms with Crippen molar-refractivity contribution >= 4 is 74.5 Å². The second-order valence-electron chi connectivity index (χ2n) is 9.21. The van der Waals surface area contributed by atoms with Crippen LogP contribution in [0, 0.1) is 7.14 Å². The first-order chi connectivity index (χ1) is 21.1. The minimum Gasteiger partial charge on any atom is -0.490 e. The van der Waals surface area contributed by atoms with Crippen LogP contribution in [0.25, 0.3) is 6.08 Å². The van der Waals surface area contributed by atoms with E-state index in [0.29, 0.717) is 51.1 Å². The zero-order valence-electron chi connectivity index (χ0n) is 24.5. The Labute approximate surface area is 285 Å². The van der Waals surface area contributed by atoms with Gasteiger partial charge in [-0.05, 0) is 102 Å². The molecule has 44 heavy (non-hydrogen) atoms. The van der Waals surface area contributed by atoms with Crippen molar-refractivity contribution < 1.29 is 33.3 Å². The largest absolute Gasteiger partial charge is 0.490 e. The summed E-state index contributed by atoms with van der Waals surface area (Å²) in [4.78, 5) is 44.3. The zero-order chi connectivity index (χ0) is 32.0. The summed E-state index contributed by atoms with van der Waals surface area (Å²) in [5.74, 6) is 0.163. The molecule has 0 saturated carbocycles. The molecular weight excluding hydrogens is 814 g/mol. The molecule has 0 radical (unpaired) electrons. The summed E-state index contributed by atoms with van der Waals surface area (Å²) >= 11 is 5.65. The number of benzene rings is 2. The number of halogens is 2. The Bertz CT molecular complexity index is 1810. The van der Waals surface area contributed by atoms with Crippen LogP contribution in [0.3, 0.4) is 0 Å². The van der Waals surface area contributed by atoms with Gasteiger partial charge in [-0.15, -0.1) is 0 Å². The van der Waals surface area contributed by atoms with Crippen molar-refractivity contribution in [2.24, 2.45) is 4.99 Å². The van der Waals surface area contributed by atoms with Gasteiger partial charge in [0.1, 0.15) is 12.4 Å². The van der Waals surface area contributed by atoms with Crippen molar-refractivity contribution in [3.8, 4) is 17.2 Å². The van der Waals surface area contributed by atoms with Crippen molar-refractivity contribution in [2.75, 3.05) is 33.5 Å². The van der Waals surface area contributed by atoms with Crippen LogP contribution >= 0.6 is 56.5 Å². The molecule has 1 aromatic heterocycles. The van der Waals surface area contributed by atoms with Gasteiger partial charge in [0, 0.05) is 9.13 Å². The Balaban J connectivity index is 1.93. The lowest BCUT2D eigenvalue weighted by atomic mass is 9.95. The average Bonchev–Trinajstić information content (AvgIpc) is 3.29. The van der Waals surface area contributed by atoms with Crippen LogP contribution in [0.5, 0.6) is 17.2 Å². The molecule has 0 aliphatic carbocycles. The van der Waals surface area contributed by atoms with Gasteiger partial charge in [0.2, 0.25) is 0 Å². The molecule has 1 atom stereocenters. The number of rotatable bonds is 12. The fourth-order valence-corrected chi connectivity index (χ4v) is 7.59. The third-order valence-electron chi connectivity index (χ3n) is 6.34. The molecule has 2 heterocycles. The monoisotopic (exact) mass is 844 g/mol. The van der Waals surface area contributed by atoms with E-state index >= 15 is 0 Å². The van der Waals surface area contributed by atoms with Gasteiger partial charge in [0.15, 0.2) is 22.9 Å². The van der Waals surface area contributed by atoms with Crippen molar-refractivity contribution in [1.82, 2.24) is 4.57 Å². The molecule has 1 aliphatic heterocycles. The van der Waals surface area contributed by atoms with Gasteiger partial charge in [-0.2, -0.15) is 0 Å². The molecule has 232 valence electrons. The average molecular weight is 844 g/mol. The molecule has 2 aromatic carbocycles. The number of esters is 2. The van der Waals surface area contributed by atoms with Crippen LogP contribution in [0.2, 0.25) is 0 Å². The van der Waals surface area contributed by atoms with Crippen molar-refractivity contribution in [3.63, 3.8) is 0 Å². The smallest absolute Gasteiger partial charge is 0.343 e. The van der Waals surface area contributed by atoms with E-state index in [1.807, 2.05) is 19.1 Å². The fraction of sp³-hybridized carbons (Fsp3) is 0.290. The summed E-state index contributed by atoms with van der Waals surface area (Å²) in [5.41, 5.74) is 1.64. The topological polar surface area (TPSA) is 115 Å². The van der Waals surface area contributed by atoms with Crippen molar-refractivity contribution in [2.45, 2.75) is 26.8 Å². The lowest BCUT2D eigenvalue weighted by molar-refractivity contribution is -0.143. The van der Waals surface area contributed by atoms with Crippen LogP contribution < -0.4 is 29.1 Å². The molecule has 1 aliphatic rings. The lowest BCUT2D eigenvalue weighted by Crippen LogP contribution is -2.40. The first kappa shape index (κ1) is 33.7. The number of hydrogen-bond acceptors (Lipinski definition) is 10. The maximum Gasteiger partial charge on any atom is 0.343 e. The summed E-state index contributed by atoms with van der Waals surface area (Å²) < 4.78 is 31.3. The molecule has 0 saturated heterocycles. The highest BCUT2D eigenvalue weighted by molar-refractivity contribution is 14.1. The van der Waals surface area contributed by atoms with E-state index in [-0.39, 0.29) is 24.3 Å². The van der Waals surface area contributed by atoms with E-state index in [9.17, 15) is 14.4 Å². The summed E-state index contributed by atoms with van der Waals surface area (Å²) in [6.45, 7) is 9.44. The SMILES string of the molecule is C=CCOc1c(I)cc(I)cc1/C=c1/sc2n(c1=O)[C@H](c1ccc(OCC(=O)OC)c(OCC)c1)C(C(=O)OCC)=C(C)N=2. The van der Waals surface area contributed by atoms with E-state index in [2.05, 4.69) is 61.5 Å². The third kappa shape index (κ3) is 7.37. The van der Waals surface area contributed by atoms with E-state index in [0.717, 1.165) is 12.7 Å². The molecule has 0 fully saturated rings. The van der Waals surface area contributed by atoms with Gasteiger partial charge in [-0.25, -0.2) is 14.6 Å². The highest BCUT2D eigenvalue weighted by atomic mass is 127. The summed E-state index contributed by atoms with van der Waals surface area (Å²) in [6, 6.07) is 8.11. The van der Waals surface area contributed by atoms with Gasteiger partial charge in [-0.3, -0.25) is 9.36 Å². The predicted octanol–water partition coefficient (Wildman–Crippen LogP) is 4.52. The molecule has 0 bridgehead atoms. The molecule has 13 heteroatoms. The zero-order valence-corrected chi connectivity index (χ0v) is 29.6. The van der Waals surface area contributed by atoms with Crippen molar-refractivity contribution in [3.05, 3.63) is 92.2 Å². The summed E-state index contributed by atoms with van der Waals surface area (Å²) in [5, 5.41) is 0. The van der Waals surface area contributed by atoms with Crippen LogP contribution in [-0.2, 0) is 19.1 Å². The highest BCUT2D eigenvalue weighted by Gasteiger charge is 2.34. The lowest BCUT2D eigenvalue weighted by Gasteiger charge is -2.25. The number of fused-ring (bicyclic) bond motifs is 1. The first-order valence-corrected chi connectivity index (χ1v) is 16.5. The fourth-order valence-electron chi connectivity index (χ4n) is 4.51. The third-order valence-corrected chi connectivity index (χ3v) is 8.75. The molecule has 0 N–H and O–H groups in total. The maximum absolute atomic E-state index is 14.2. The Morgan fingerprint density at radius 2 is 1.86 bits per heavy atom. The number of methoxy groups -OCH3 is 1. The number of aromatic nitrogens is 1. The summed E-state index contributed by atoms with van der Waals surface area (Å²) in [7, 11) is 1.27. The summed E-state index contributed by atoms with van der Waals surface area (Å²) in [6.07, 6.45) is 3.44. The number of carbonyl (C=O) groups excluding carboxylic acids is 2. The van der Waals surface area contributed by atoms with E-state index in [4.69, 9.17) is 18.9 Å². The molecule has 3 aromatic rings. The molecular formula is C31H30I2N2O8S. The number of hydrogen-bond donors (Lipinski definition) is 0. The first-order valence-electron chi connectivity index (χ1n) is 13.5. The minimum atomic E-state index is -0.867. The van der Waals surface area contributed by atoms with Gasteiger partial charge in [-0.1, -0.05) is 30.1 Å². The van der Waals surface area contributed by atoms with Gasteiger partial charge in [0.05, 0.1) is 45.7 Å². The van der Waals surface area contributed by atoms with E-state index < -0.39 is 18.0 Å². The Morgan fingerprint density at radius 3 is 2.55 bits per heavy atom. The minimum absolute atomic E-state index is 0.149. The number of ether oxygens (including phenoxy) is 5. The van der Waals surface area contributed by atoms with Crippen molar-refractivity contribution in [1.29, 1.82) is 0 Å². The number of thiazole rings is 1. The van der Waals surface area contributed by atoms with Gasteiger partial charge in [0.25, 0.3) is 5.56 Å². The molecule has 10 nitrogen and oxygen atoms in total. The standard InChI is InChI=1S/C31H30I2N2O8S/c1-6-11-42-28-19(12-20(32)15-21(28)33)14-24-29(37)35-27(26(30(38)41-8-3)17(4)34-31(35)44-24)18-9-10-22(23(13-18)40-7-2)43-16-25(36)39-5/h6,9-10,12-15,27H,1,7-8,11,16H2,2-5H3/b24-14+/t27-/m1/s1. The molecule has 0 amide bonds. The molecule has 0 unspecified atom stereocenters. The van der Waals surface area contributed by atoms with Gasteiger partial charge < -0.3 is 23.7 Å². The van der Waals surface area contributed by atoms with Crippen LogP contribution in [0.1, 0.15) is 37.9 Å². The maximum atomic E-state index is 14.2. The number of carbonyl (C=O) groups is 2. The highest BCUT2D eigenvalue weighted by Crippen LogP contribution is 2.36. The van der Waals surface area contributed by atoms with E-state index in [1.54, 1.807) is 44.2 Å². The second kappa shape index (κ2) is 15.2. The number of nitrogens with zero attached hydrogens (tertiary/aromatic N) is 2. The van der Waals surface area contributed by atoms with Crippen LogP contribution in [-0.4, -0.2) is 50.0 Å². The van der Waals surface area contributed by atoms with Crippen LogP contribution in [0.4, 0.5) is 0 Å². The molecule has 0 spiro atoms. The Morgan fingerprint density at radius 1 is 1.09 bits per heavy atom. The van der Waals surface area contributed by atoms with E-state index in [1.165, 1.54) is 23.0 Å². The van der Waals surface area contributed by atoms with Crippen LogP contribution in [0.15, 0.2) is 64.0 Å². The quantitative estimate of drug-likeness (QED) is 0.149. The molecule has 4 rings (SSSR count). The Kier molecular flexibility index (Phi) is 11.6. The Hall–Kier alpha value is -3.18. The normalized spacial score (nSPS) is 14.4. The number of allylic oxidation sites excluding steroid dienone is 1. The predicted molar refractivity (Wildman–Crippen MR) is 183 cm³/mol. The second-order valence-corrected chi connectivity index (χ2v) is 12.6.